The molecule has 0 bridgehead atoms. The van der Waals surface area contributed by atoms with E-state index in [0.29, 0.717) is 31.6 Å². The molecule has 2 aromatic carbocycles. The van der Waals surface area contributed by atoms with Crippen LogP contribution in [0.2, 0.25) is 0 Å². The van der Waals surface area contributed by atoms with Crippen LogP contribution in [0.4, 0.5) is 0 Å². The van der Waals surface area contributed by atoms with Crippen LogP contribution in [0.3, 0.4) is 0 Å². The van der Waals surface area contributed by atoms with Crippen molar-refractivity contribution in [1.82, 2.24) is 19.8 Å². The summed E-state index contributed by atoms with van der Waals surface area (Å²) in [4.78, 5) is 33.5. The highest BCUT2D eigenvalue weighted by Crippen LogP contribution is 2.31. The van der Waals surface area contributed by atoms with Gasteiger partial charge in [-0.1, -0.05) is 81.0 Å². The Hall–Kier alpha value is -3.41. The van der Waals surface area contributed by atoms with E-state index in [1.807, 2.05) is 54.6 Å². The number of rotatable bonds is 10. The zero-order valence-electron chi connectivity index (χ0n) is 23.1. The van der Waals surface area contributed by atoms with Gasteiger partial charge in [-0.2, -0.15) is 0 Å². The van der Waals surface area contributed by atoms with Crippen molar-refractivity contribution in [2.75, 3.05) is 6.54 Å². The average Bonchev–Trinajstić information content (AvgIpc) is 3.33. The summed E-state index contributed by atoms with van der Waals surface area (Å²) in [6, 6.07) is 18.7. The molecule has 6 nitrogen and oxygen atoms in total. The van der Waals surface area contributed by atoms with E-state index in [4.69, 9.17) is 4.98 Å². The normalized spacial score (nSPS) is 17.0. The summed E-state index contributed by atoms with van der Waals surface area (Å²) in [6.45, 7) is 0.903. The van der Waals surface area contributed by atoms with E-state index in [9.17, 15) is 9.59 Å². The van der Waals surface area contributed by atoms with Gasteiger partial charge in [-0.15, -0.1) is 0 Å². The molecule has 206 valence electrons. The molecule has 0 spiro atoms. The van der Waals surface area contributed by atoms with Crippen LogP contribution < -0.4 is 5.32 Å². The Morgan fingerprint density at radius 3 is 2.21 bits per heavy atom. The molecule has 2 aliphatic carbocycles. The fourth-order valence-electron chi connectivity index (χ4n) is 6.39. The predicted octanol–water partition coefficient (Wildman–Crippen LogP) is 6.29. The third-order valence-electron chi connectivity index (χ3n) is 8.35. The molecule has 3 aromatic rings. The van der Waals surface area contributed by atoms with Crippen molar-refractivity contribution in [1.29, 1.82) is 0 Å². The second-order valence-electron chi connectivity index (χ2n) is 11.1. The van der Waals surface area contributed by atoms with Gasteiger partial charge in [0.2, 0.25) is 11.8 Å². The number of hydrogen-bond donors (Lipinski definition) is 1. The van der Waals surface area contributed by atoms with Crippen molar-refractivity contribution in [2.24, 2.45) is 0 Å². The SMILES string of the molecule is O=C(/C=C\c1ccccc1)NCCCc1nc2ccccc2n1CC(=O)N(C1CCCCC1)C1CCCCC1. The summed E-state index contributed by atoms with van der Waals surface area (Å²) in [6.07, 6.45) is 16.9. The molecular formula is C33H42N4O2. The number of aryl methyl sites for hydroxylation is 1. The Balaban J connectivity index is 1.25. The summed E-state index contributed by atoms with van der Waals surface area (Å²) in [7, 11) is 0. The standard InChI is InChI=1S/C33H42N4O2/c38-32(23-22-26-13-4-1-5-14-26)34-24-12-21-31-35-29-19-10-11-20-30(29)36(31)25-33(39)37(27-15-6-2-7-16-27)28-17-8-3-9-18-28/h1,4-5,10-11,13-14,19-20,22-23,27-28H,2-3,6-9,12,15-18,21,24-25H2,(H,34,38)/b23-22-. The molecule has 0 unspecified atom stereocenters. The lowest BCUT2D eigenvalue weighted by Crippen LogP contribution is -2.50. The first-order chi connectivity index (χ1) is 19.2. The van der Waals surface area contributed by atoms with E-state index in [-0.39, 0.29) is 11.8 Å². The van der Waals surface area contributed by atoms with Crippen molar-refractivity contribution in [2.45, 2.75) is 95.7 Å². The van der Waals surface area contributed by atoms with E-state index in [1.165, 1.54) is 38.5 Å². The Kier molecular flexibility index (Phi) is 9.47. The lowest BCUT2D eigenvalue weighted by molar-refractivity contribution is -0.138. The molecule has 2 amide bonds. The summed E-state index contributed by atoms with van der Waals surface area (Å²) >= 11 is 0. The Morgan fingerprint density at radius 2 is 1.51 bits per heavy atom. The van der Waals surface area contributed by atoms with E-state index in [1.54, 1.807) is 6.08 Å². The number of amides is 2. The lowest BCUT2D eigenvalue weighted by Gasteiger charge is -2.42. The van der Waals surface area contributed by atoms with Crippen LogP contribution in [0.15, 0.2) is 60.7 Å². The number of carbonyl (C=O) groups excluding carboxylic acids is 2. The van der Waals surface area contributed by atoms with E-state index >= 15 is 0 Å². The highest BCUT2D eigenvalue weighted by molar-refractivity contribution is 5.91. The Bertz CT molecular complexity index is 1240. The molecule has 39 heavy (non-hydrogen) atoms. The second-order valence-corrected chi connectivity index (χ2v) is 11.1. The maximum absolute atomic E-state index is 14.0. The maximum Gasteiger partial charge on any atom is 0.243 e. The first-order valence-corrected chi connectivity index (χ1v) is 15.0. The van der Waals surface area contributed by atoms with E-state index < -0.39 is 0 Å². The molecule has 6 heteroatoms. The quantitative estimate of drug-likeness (QED) is 0.249. The van der Waals surface area contributed by atoms with E-state index in [2.05, 4.69) is 20.9 Å². The van der Waals surface area contributed by atoms with E-state index in [0.717, 1.165) is 54.5 Å². The van der Waals surface area contributed by atoms with Crippen molar-refractivity contribution < 1.29 is 9.59 Å². The highest BCUT2D eigenvalue weighted by atomic mass is 16.2. The monoisotopic (exact) mass is 526 g/mol. The van der Waals surface area contributed by atoms with Crippen molar-refractivity contribution >= 4 is 28.9 Å². The zero-order valence-corrected chi connectivity index (χ0v) is 23.1. The van der Waals surface area contributed by atoms with Crippen LogP contribution >= 0.6 is 0 Å². The number of hydrogen-bond acceptors (Lipinski definition) is 3. The summed E-state index contributed by atoms with van der Waals surface area (Å²) in [5, 5.41) is 2.98. The number of imidazole rings is 1. The zero-order chi connectivity index (χ0) is 26.9. The Labute approximate surface area is 232 Å². The van der Waals surface area contributed by atoms with Gasteiger partial charge in [0.15, 0.2) is 0 Å². The number of nitrogens with zero attached hydrogens (tertiary/aromatic N) is 3. The fraction of sp³-hybridized carbons (Fsp3) is 0.485. The van der Waals surface area contributed by atoms with Crippen molar-refractivity contribution in [3.05, 3.63) is 72.1 Å². The molecule has 1 N–H and O–H groups in total. The van der Waals surface area contributed by atoms with Gasteiger partial charge in [0, 0.05) is 31.1 Å². The number of benzene rings is 2. The van der Waals surface area contributed by atoms with Crippen LogP contribution in [0.5, 0.6) is 0 Å². The molecule has 2 saturated carbocycles. The molecule has 0 saturated heterocycles. The fourth-order valence-corrected chi connectivity index (χ4v) is 6.39. The number of aromatic nitrogens is 2. The predicted molar refractivity (Wildman–Crippen MR) is 157 cm³/mol. The summed E-state index contributed by atoms with van der Waals surface area (Å²) < 4.78 is 2.13. The van der Waals surface area contributed by atoms with Crippen LogP contribution in [0.1, 0.15) is 82.0 Å². The minimum Gasteiger partial charge on any atom is -0.353 e. The molecule has 5 rings (SSSR count). The molecule has 0 atom stereocenters. The maximum atomic E-state index is 14.0. The van der Waals surface area contributed by atoms with Gasteiger partial charge >= 0.3 is 0 Å². The summed E-state index contributed by atoms with van der Waals surface area (Å²) in [5.41, 5.74) is 2.95. The van der Waals surface area contributed by atoms with Gasteiger partial charge in [0.05, 0.1) is 11.0 Å². The van der Waals surface area contributed by atoms with Gasteiger partial charge in [0.1, 0.15) is 12.4 Å². The first kappa shape index (κ1) is 27.2. The minimum atomic E-state index is -0.0989. The minimum absolute atomic E-state index is 0.0989. The molecule has 2 aliphatic rings. The van der Waals surface area contributed by atoms with Gasteiger partial charge in [-0.25, -0.2) is 4.98 Å². The van der Waals surface area contributed by atoms with Crippen LogP contribution in [-0.4, -0.2) is 44.9 Å². The van der Waals surface area contributed by atoms with Crippen LogP contribution in [-0.2, 0) is 22.6 Å². The molecular weight excluding hydrogens is 484 g/mol. The van der Waals surface area contributed by atoms with Gasteiger partial charge in [-0.3, -0.25) is 9.59 Å². The second kappa shape index (κ2) is 13.6. The Morgan fingerprint density at radius 1 is 0.872 bits per heavy atom. The average molecular weight is 527 g/mol. The van der Waals surface area contributed by atoms with Crippen molar-refractivity contribution in [3.8, 4) is 0 Å². The number of para-hydroxylation sites is 2. The largest absolute Gasteiger partial charge is 0.353 e. The first-order valence-electron chi connectivity index (χ1n) is 15.0. The lowest BCUT2D eigenvalue weighted by atomic mass is 9.88. The molecule has 1 heterocycles. The van der Waals surface area contributed by atoms with Crippen molar-refractivity contribution in [3.63, 3.8) is 0 Å². The smallest absolute Gasteiger partial charge is 0.243 e. The summed E-state index contributed by atoms with van der Waals surface area (Å²) in [5.74, 6) is 1.07. The third-order valence-corrected chi connectivity index (χ3v) is 8.35. The van der Waals surface area contributed by atoms with Crippen LogP contribution in [0.25, 0.3) is 17.1 Å². The number of fused-ring (bicyclic) bond motifs is 1. The molecule has 0 radical (unpaired) electrons. The molecule has 1 aromatic heterocycles. The number of nitrogens with one attached hydrogen (secondary N) is 1. The van der Waals surface area contributed by atoms with Gasteiger partial charge < -0.3 is 14.8 Å². The molecule has 0 aliphatic heterocycles. The topological polar surface area (TPSA) is 67.2 Å². The molecule has 2 fully saturated rings. The third kappa shape index (κ3) is 7.17. The highest BCUT2D eigenvalue weighted by Gasteiger charge is 2.33. The van der Waals surface area contributed by atoms with Gasteiger partial charge in [-0.05, 0) is 55.9 Å². The van der Waals surface area contributed by atoms with Gasteiger partial charge in [0.25, 0.3) is 0 Å². The number of carbonyl (C=O) groups is 2. The van der Waals surface area contributed by atoms with Crippen LogP contribution in [0, 0.1) is 0 Å².